The summed E-state index contributed by atoms with van der Waals surface area (Å²) < 4.78 is 0. The molecule has 1 aliphatic carbocycles. The third kappa shape index (κ3) is 2.54. The molecule has 1 saturated heterocycles. The minimum Gasteiger partial charge on any atom is -0.314 e. The summed E-state index contributed by atoms with van der Waals surface area (Å²) in [5.74, 6) is 0. The van der Waals surface area contributed by atoms with E-state index in [-0.39, 0.29) is 0 Å². The molecule has 2 aromatic rings. The van der Waals surface area contributed by atoms with Gasteiger partial charge in [0.2, 0.25) is 0 Å². The SMILES string of the molecule is c1ccc(C2CNCCN2C2CCCc3sccc32)cc1. The summed E-state index contributed by atoms with van der Waals surface area (Å²) >= 11 is 1.95. The Morgan fingerprint density at radius 1 is 1.10 bits per heavy atom. The summed E-state index contributed by atoms with van der Waals surface area (Å²) in [4.78, 5) is 4.37. The molecule has 2 heterocycles. The highest BCUT2D eigenvalue weighted by molar-refractivity contribution is 7.10. The third-order valence-corrected chi connectivity index (χ3v) is 5.89. The lowest BCUT2D eigenvalue weighted by atomic mass is 9.90. The van der Waals surface area contributed by atoms with Gasteiger partial charge in [-0.05, 0) is 41.8 Å². The maximum Gasteiger partial charge on any atom is 0.0479 e. The van der Waals surface area contributed by atoms with Gasteiger partial charge in [-0.15, -0.1) is 11.3 Å². The van der Waals surface area contributed by atoms with Crippen LogP contribution in [0.2, 0.25) is 0 Å². The molecule has 1 aromatic heterocycles. The van der Waals surface area contributed by atoms with Gasteiger partial charge in [-0.25, -0.2) is 0 Å². The first-order chi connectivity index (χ1) is 10.4. The highest BCUT2D eigenvalue weighted by Gasteiger charge is 2.33. The maximum absolute atomic E-state index is 3.58. The molecule has 2 aliphatic rings. The Kier molecular flexibility index (Phi) is 3.80. The summed E-state index contributed by atoms with van der Waals surface area (Å²) in [6.45, 7) is 3.33. The monoisotopic (exact) mass is 298 g/mol. The van der Waals surface area contributed by atoms with Crippen molar-refractivity contribution in [3.63, 3.8) is 0 Å². The van der Waals surface area contributed by atoms with Crippen LogP contribution in [0.1, 0.15) is 40.9 Å². The molecule has 2 unspecified atom stereocenters. The van der Waals surface area contributed by atoms with E-state index in [1.54, 1.807) is 10.4 Å². The van der Waals surface area contributed by atoms with Crippen LogP contribution in [0, 0.1) is 0 Å². The topological polar surface area (TPSA) is 15.3 Å². The zero-order chi connectivity index (χ0) is 14.1. The van der Waals surface area contributed by atoms with Crippen LogP contribution < -0.4 is 5.32 Å². The van der Waals surface area contributed by atoms with Gasteiger partial charge in [-0.2, -0.15) is 0 Å². The molecule has 2 atom stereocenters. The van der Waals surface area contributed by atoms with Crippen LogP contribution in [0.15, 0.2) is 41.8 Å². The van der Waals surface area contributed by atoms with Crippen molar-refractivity contribution in [3.05, 3.63) is 57.8 Å². The summed E-state index contributed by atoms with van der Waals surface area (Å²) in [6, 6.07) is 14.5. The van der Waals surface area contributed by atoms with Gasteiger partial charge in [0.1, 0.15) is 0 Å². The second-order valence-corrected chi connectivity index (χ2v) is 7.08. The highest BCUT2D eigenvalue weighted by Crippen LogP contribution is 2.41. The Bertz CT molecular complexity index is 592. The highest BCUT2D eigenvalue weighted by atomic mass is 32.1. The van der Waals surface area contributed by atoms with E-state index in [1.807, 2.05) is 11.3 Å². The van der Waals surface area contributed by atoms with E-state index in [1.165, 1.54) is 24.8 Å². The van der Waals surface area contributed by atoms with Crippen molar-refractivity contribution in [2.24, 2.45) is 0 Å². The standard InChI is InChI=1S/C18H22N2S/c1-2-5-14(6-3-1)17-13-19-10-11-20(17)16-7-4-8-18-15(16)9-12-21-18/h1-3,5-6,9,12,16-17,19H,4,7-8,10-11,13H2. The second-order valence-electron chi connectivity index (χ2n) is 6.08. The molecule has 0 bridgehead atoms. The molecule has 21 heavy (non-hydrogen) atoms. The molecule has 0 spiro atoms. The number of thiophene rings is 1. The summed E-state index contributed by atoms with van der Waals surface area (Å²) in [7, 11) is 0. The molecule has 4 rings (SSSR count). The quantitative estimate of drug-likeness (QED) is 0.908. The van der Waals surface area contributed by atoms with Crippen LogP contribution in [-0.2, 0) is 6.42 Å². The van der Waals surface area contributed by atoms with Crippen LogP contribution in [0.3, 0.4) is 0 Å². The third-order valence-electron chi connectivity index (χ3n) is 4.89. The molecule has 2 nitrogen and oxygen atoms in total. The lowest BCUT2D eigenvalue weighted by Crippen LogP contribution is -2.47. The minimum absolute atomic E-state index is 0.510. The van der Waals surface area contributed by atoms with E-state index in [9.17, 15) is 0 Å². The number of hydrogen-bond donors (Lipinski definition) is 1. The van der Waals surface area contributed by atoms with E-state index in [0.717, 1.165) is 19.6 Å². The van der Waals surface area contributed by atoms with Gasteiger partial charge in [0.15, 0.2) is 0 Å². The first-order valence-corrected chi connectivity index (χ1v) is 8.89. The number of nitrogens with zero attached hydrogens (tertiary/aromatic N) is 1. The second kappa shape index (κ2) is 5.91. The van der Waals surface area contributed by atoms with Crippen molar-refractivity contribution < 1.29 is 0 Å². The van der Waals surface area contributed by atoms with Crippen molar-refractivity contribution in [2.75, 3.05) is 19.6 Å². The van der Waals surface area contributed by atoms with Gasteiger partial charge in [0.05, 0.1) is 0 Å². The Balaban J connectivity index is 1.67. The van der Waals surface area contributed by atoms with Crippen molar-refractivity contribution >= 4 is 11.3 Å². The van der Waals surface area contributed by atoms with E-state index in [2.05, 4.69) is 52.0 Å². The molecular weight excluding hydrogens is 276 g/mol. The first kappa shape index (κ1) is 13.5. The van der Waals surface area contributed by atoms with Crippen molar-refractivity contribution in [2.45, 2.75) is 31.3 Å². The lowest BCUT2D eigenvalue weighted by Gasteiger charge is -2.43. The summed E-state index contributed by atoms with van der Waals surface area (Å²) in [5.41, 5.74) is 3.06. The molecule has 0 saturated carbocycles. The predicted octanol–water partition coefficient (Wildman–Crippen LogP) is 3.77. The summed E-state index contributed by atoms with van der Waals surface area (Å²) in [6.07, 6.45) is 3.93. The fourth-order valence-electron chi connectivity index (χ4n) is 3.88. The van der Waals surface area contributed by atoms with Crippen LogP contribution in [0.4, 0.5) is 0 Å². The van der Waals surface area contributed by atoms with Crippen molar-refractivity contribution in [3.8, 4) is 0 Å². The Hall–Kier alpha value is -1.16. The first-order valence-electron chi connectivity index (χ1n) is 8.01. The number of aryl methyl sites for hydroxylation is 1. The zero-order valence-electron chi connectivity index (χ0n) is 12.3. The minimum atomic E-state index is 0.510. The fourth-order valence-corrected chi connectivity index (χ4v) is 4.87. The van der Waals surface area contributed by atoms with E-state index >= 15 is 0 Å². The smallest absolute Gasteiger partial charge is 0.0479 e. The number of fused-ring (bicyclic) bond motifs is 1. The molecule has 1 aromatic carbocycles. The average Bonchev–Trinajstić information content (AvgIpc) is 3.04. The Labute approximate surface area is 130 Å². The van der Waals surface area contributed by atoms with Gasteiger partial charge >= 0.3 is 0 Å². The van der Waals surface area contributed by atoms with Gasteiger partial charge in [-0.3, -0.25) is 4.90 Å². The van der Waals surface area contributed by atoms with Gasteiger partial charge < -0.3 is 5.32 Å². The predicted molar refractivity (Wildman–Crippen MR) is 88.8 cm³/mol. The molecule has 0 radical (unpaired) electrons. The molecule has 3 heteroatoms. The van der Waals surface area contributed by atoms with Gasteiger partial charge in [0.25, 0.3) is 0 Å². The van der Waals surface area contributed by atoms with Crippen molar-refractivity contribution in [1.82, 2.24) is 10.2 Å². The number of rotatable bonds is 2. The van der Waals surface area contributed by atoms with Gasteiger partial charge in [0, 0.05) is 36.6 Å². The number of nitrogens with one attached hydrogen (secondary N) is 1. The fraction of sp³-hybridized carbons (Fsp3) is 0.444. The molecule has 110 valence electrons. The van der Waals surface area contributed by atoms with E-state index < -0.39 is 0 Å². The number of benzene rings is 1. The molecule has 1 N–H and O–H groups in total. The van der Waals surface area contributed by atoms with Crippen molar-refractivity contribution in [1.29, 1.82) is 0 Å². The van der Waals surface area contributed by atoms with E-state index in [4.69, 9.17) is 0 Å². The van der Waals surface area contributed by atoms with Crippen LogP contribution in [-0.4, -0.2) is 24.5 Å². The molecule has 1 aliphatic heterocycles. The maximum atomic E-state index is 3.58. The van der Waals surface area contributed by atoms with Gasteiger partial charge in [-0.1, -0.05) is 30.3 Å². The van der Waals surface area contributed by atoms with Crippen LogP contribution in [0.5, 0.6) is 0 Å². The van der Waals surface area contributed by atoms with Crippen LogP contribution in [0.25, 0.3) is 0 Å². The largest absolute Gasteiger partial charge is 0.314 e. The molecular formula is C18H22N2S. The van der Waals surface area contributed by atoms with Crippen LogP contribution >= 0.6 is 11.3 Å². The molecule has 1 fully saturated rings. The number of piperazine rings is 1. The molecule has 0 amide bonds. The Morgan fingerprint density at radius 2 is 2.00 bits per heavy atom. The Morgan fingerprint density at radius 3 is 2.90 bits per heavy atom. The zero-order valence-corrected chi connectivity index (χ0v) is 13.1. The number of hydrogen-bond acceptors (Lipinski definition) is 3. The lowest BCUT2D eigenvalue weighted by molar-refractivity contribution is 0.0949. The average molecular weight is 298 g/mol. The summed E-state index contributed by atoms with van der Waals surface area (Å²) in [5, 5.41) is 5.86. The normalized spacial score (nSPS) is 26.5. The van der Waals surface area contributed by atoms with E-state index in [0.29, 0.717) is 12.1 Å².